The average molecular weight is 894 g/mol. The largest absolute Gasteiger partial charge is 0.383 e. The molecule has 4 unspecified atom stereocenters. The fourth-order valence-corrected chi connectivity index (χ4v) is 11.8. The summed E-state index contributed by atoms with van der Waals surface area (Å²) in [5.74, 6) is 10.1. The van der Waals surface area contributed by atoms with Gasteiger partial charge in [-0.05, 0) is 241 Å². The predicted molar refractivity (Wildman–Crippen MR) is 289 cm³/mol. The van der Waals surface area contributed by atoms with Crippen LogP contribution in [0.15, 0.2) is 24.3 Å². The lowest BCUT2D eigenvalue weighted by Gasteiger charge is -2.42. The molecule has 1 aromatic carbocycles. The van der Waals surface area contributed by atoms with Crippen LogP contribution in [-0.4, -0.2) is 77.1 Å². The van der Waals surface area contributed by atoms with Crippen molar-refractivity contribution in [2.75, 3.05) is 31.5 Å². The molecule has 4 heterocycles. The van der Waals surface area contributed by atoms with Crippen LogP contribution in [0.4, 0.5) is 5.69 Å². The van der Waals surface area contributed by atoms with Crippen molar-refractivity contribution in [3.8, 4) is 0 Å². The molecule has 4 heteroatoms. The molecule has 4 aliphatic heterocycles. The van der Waals surface area contributed by atoms with Gasteiger partial charge < -0.3 is 15.1 Å². The smallest absolute Gasteiger partial charge is 0.0342 e. The number of fused-ring (bicyclic) bond motifs is 2. The molecular formula is C60H116N4. The van der Waals surface area contributed by atoms with Gasteiger partial charge in [-0.15, -0.1) is 0 Å². The van der Waals surface area contributed by atoms with Gasteiger partial charge in [0.15, 0.2) is 0 Å². The van der Waals surface area contributed by atoms with Crippen LogP contribution in [0.2, 0.25) is 0 Å². The molecule has 1 aromatic rings. The van der Waals surface area contributed by atoms with Crippen molar-refractivity contribution < 1.29 is 0 Å². The monoisotopic (exact) mass is 893 g/mol. The number of likely N-dealkylation sites (tertiary alicyclic amines) is 2. The molecule has 64 heavy (non-hydrogen) atoms. The summed E-state index contributed by atoms with van der Waals surface area (Å²) in [6.45, 7) is 51.7. The first-order chi connectivity index (χ1) is 30.0. The summed E-state index contributed by atoms with van der Waals surface area (Å²) in [5.41, 5.74) is 2.61. The minimum Gasteiger partial charge on any atom is -0.383 e. The Morgan fingerprint density at radius 2 is 0.812 bits per heavy atom. The lowest BCUT2D eigenvalue weighted by Crippen LogP contribution is -2.47. The lowest BCUT2D eigenvalue weighted by atomic mass is 9.73. The Bertz CT molecular complexity index is 1220. The van der Waals surface area contributed by atoms with Crippen LogP contribution in [0, 0.1) is 59.2 Å². The number of benzene rings is 1. The number of hydrogen-bond acceptors (Lipinski definition) is 4. The van der Waals surface area contributed by atoms with E-state index >= 15 is 0 Å². The maximum atomic E-state index is 3.37. The molecule has 376 valence electrons. The first-order valence-corrected chi connectivity index (χ1v) is 28.1. The summed E-state index contributed by atoms with van der Waals surface area (Å²) in [7, 11) is 0. The molecule has 2 bridgehead atoms. The van der Waals surface area contributed by atoms with E-state index in [0.29, 0.717) is 12.0 Å². The standard InChI is InChI=1S/C13H25N.C12H19N.C12H25N.C12H24.C11H23N/c1-9(2)11-7-12-5-6-13(8-11)14(12)10(3)4;1-9(2)11-5-7-12(8-6-11)13-10(3)4;1-10(2)12-6-5-8-13(9-7-12)11(3)4;1-9(2)11-5-7-12(8-6-11)10(3)4;1-9(2)11-6-5-7-12(8-11)10(3)4/h9-13H,5-8H2,1-4H3;5-10,13H,1-4H3;10-12H,5-9H2,1-4H3;9-12H,5-8H2,1-4H3;9-11H,5-8H2,1-4H3. The van der Waals surface area contributed by atoms with Crippen LogP contribution in [0.1, 0.15) is 233 Å². The van der Waals surface area contributed by atoms with E-state index in [4.69, 9.17) is 0 Å². The number of hydrogen-bond donors (Lipinski definition) is 1. The molecule has 4 nitrogen and oxygen atoms in total. The molecule has 0 spiro atoms. The lowest BCUT2D eigenvalue weighted by molar-refractivity contribution is 0.0588. The minimum atomic E-state index is 0.505. The van der Waals surface area contributed by atoms with E-state index in [0.717, 1.165) is 89.4 Å². The first-order valence-electron chi connectivity index (χ1n) is 28.1. The van der Waals surface area contributed by atoms with Gasteiger partial charge in [0.25, 0.3) is 0 Å². The molecule has 5 aliphatic rings. The van der Waals surface area contributed by atoms with Crippen molar-refractivity contribution in [1.29, 1.82) is 0 Å². The highest BCUT2D eigenvalue weighted by Crippen LogP contribution is 2.42. The topological polar surface area (TPSA) is 21.8 Å². The summed E-state index contributed by atoms with van der Waals surface area (Å²) >= 11 is 0. The third kappa shape index (κ3) is 21.5. The van der Waals surface area contributed by atoms with Gasteiger partial charge >= 0.3 is 0 Å². The molecule has 4 atom stereocenters. The highest BCUT2D eigenvalue weighted by Gasteiger charge is 2.42. The van der Waals surface area contributed by atoms with Gasteiger partial charge in [0.05, 0.1) is 0 Å². The zero-order valence-electron chi connectivity index (χ0n) is 47.0. The minimum absolute atomic E-state index is 0.505. The van der Waals surface area contributed by atoms with E-state index in [1.165, 1.54) is 121 Å². The van der Waals surface area contributed by atoms with E-state index in [-0.39, 0.29) is 0 Å². The zero-order valence-corrected chi connectivity index (χ0v) is 47.0. The molecule has 1 saturated carbocycles. The fourth-order valence-electron chi connectivity index (χ4n) is 11.8. The second-order valence-electron chi connectivity index (χ2n) is 24.9. The Kier molecular flexibility index (Phi) is 28.0. The van der Waals surface area contributed by atoms with Gasteiger partial charge in [0.2, 0.25) is 0 Å². The van der Waals surface area contributed by atoms with E-state index in [2.05, 4.69) is 183 Å². The Hall–Kier alpha value is -1.10. The van der Waals surface area contributed by atoms with E-state index < -0.39 is 0 Å². The molecule has 0 radical (unpaired) electrons. The predicted octanol–water partition coefficient (Wildman–Crippen LogP) is 16.9. The summed E-state index contributed by atoms with van der Waals surface area (Å²) in [5, 5.41) is 3.37. The van der Waals surface area contributed by atoms with Crippen molar-refractivity contribution in [2.45, 2.75) is 264 Å². The number of piperidine rings is 2. The van der Waals surface area contributed by atoms with Crippen LogP contribution >= 0.6 is 0 Å². The van der Waals surface area contributed by atoms with Crippen LogP contribution < -0.4 is 5.32 Å². The van der Waals surface area contributed by atoms with Gasteiger partial charge in [-0.25, -0.2) is 0 Å². The molecule has 1 N–H and O–H groups in total. The second kappa shape index (κ2) is 30.4. The maximum absolute atomic E-state index is 3.37. The quantitative estimate of drug-likeness (QED) is 0.239. The van der Waals surface area contributed by atoms with Crippen LogP contribution in [-0.2, 0) is 0 Å². The first kappa shape index (κ1) is 59.0. The number of anilines is 1. The fraction of sp³-hybridized carbons (Fsp3) is 0.900. The van der Waals surface area contributed by atoms with E-state index in [1.807, 2.05) is 0 Å². The normalized spacial score (nSPS) is 27.1. The Balaban J connectivity index is 0.000000275. The van der Waals surface area contributed by atoms with E-state index in [9.17, 15) is 0 Å². The molecule has 0 amide bonds. The summed E-state index contributed by atoms with van der Waals surface area (Å²) in [6, 6.07) is 13.3. The summed E-state index contributed by atoms with van der Waals surface area (Å²) in [4.78, 5) is 8.04. The zero-order chi connectivity index (χ0) is 48.3. The van der Waals surface area contributed by atoms with Crippen LogP contribution in [0.5, 0.6) is 0 Å². The molecule has 1 aliphatic carbocycles. The molecular weight excluding hydrogens is 777 g/mol. The SMILES string of the molecule is CC(C)C1CC2CCC(C1)N2C(C)C.CC(C)C1CCC(C(C)C)CC1.CC(C)C1CCCN(C(C)C)C1.CC(C)C1CCCN(C(C)C)CC1.CC(C)Nc1ccc(C(C)C)cc1. The molecule has 6 rings (SSSR count). The average Bonchev–Trinajstić information content (AvgIpc) is 3.37. The van der Waals surface area contributed by atoms with Crippen molar-refractivity contribution in [1.82, 2.24) is 14.7 Å². The third-order valence-electron chi connectivity index (χ3n) is 16.7. The molecule has 4 saturated heterocycles. The van der Waals surface area contributed by atoms with Crippen molar-refractivity contribution in [3.63, 3.8) is 0 Å². The van der Waals surface area contributed by atoms with Crippen molar-refractivity contribution in [3.05, 3.63) is 29.8 Å². The second-order valence-corrected chi connectivity index (χ2v) is 24.9. The van der Waals surface area contributed by atoms with Crippen LogP contribution in [0.3, 0.4) is 0 Å². The van der Waals surface area contributed by atoms with Crippen LogP contribution in [0.25, 0.3) is 0 Å². The maximum Gasteiger partial charge on any atom is 0.0342 e. The molecule has 0 aromatic heterocycles. The summed E-state index contributed by atoms with van der Waals surface area (Å²) in [6.07, 6.45) is 18.9. The Morgan fingerprint density at radius 3 is 1.19 bits per heavy atom. The highest BCUT2D eigenvalue weighted by atomic mass is 15.2. The van der Waals surface area contributed by atoms with Gasteiger partial charge in [0.1, 0.15) is 0 Å². The van der Waals surface area contributed by atoms with Crippen molar-refractivity contribution >= 4 is 5.69 Å². The van der Waals surface area contributed by atoms with Gasteiger partial charge in [0, 0.05) is 48.5 Å². The van der Waals surface area contributed by atoms with Gasteiger partial charge in [-0.2, -0.15) is 0 Å². The Morgan fingerprint density at radius 1 is 0.406 bits per heavy atom. The number of rotatable bonds is 11. The highest BCUT2D eigenvalue weighted by molar-refractivity contribution is 5.45. The van der Waals surface area contributed by atoms with E-state index in [1.54, 1.807) is 0 Å². The molecule has 5 fully saturated rings. The van der Waals surface area contributed by atoms with Gasteiger partial charge in [-0.1, -0.05) is 95.2 Å². The third-order valence-corrected chi connectivity index (χ3v) is 16.7. The van der Waals surface area contributed by atoms with Crippen molar-refractivity contribution in [2.24, 2.45) is 59.2 Å². The number of nitrogens with one attached hydrogen (secondary N) is 1. The summed E-state index contributed by atoms with van der Waals surface area (Å²) < 4.78 is 0. The number of nitrogens with zero attached hydrogens (tertiary/aromatic N) is 3. The Labute approximate surface area is 403 Å². The van der Waals surface area contributed by atoms with Gasteiger partial charge in [-0.3, -0.25) is 4.90 Å².